The molecule has 0 aliphatic rings. The average Bonchev–Trinajstić information content (AvgIpc) is 1.89. The molecule has 0 aromatic carbocycles. The van der Waals surface area contributed by atoms with Crippen LogP contribution in [0.4, 0.5) is 0 Å². The minimum Gasteiger partial charge on any atom is -0.103 e. The molecule has 54 valence electrons. The summed E-state index contributed by atoms with van der Waals surface area (Å²) in [6.45, 7) is 9.43. The Labute approximate surface area is 63.3 Å². The van der Waals surface area contributed by atoms with Crippen molar-refractivity contribution in [3.63, 3.8) is 0 Å². The van der Waals surface area contributed by atoms with Gasteiger partial charge in [-0.1, -0.05) is 42.5 Å². The van der Waals surface area contributed by atoms with Crippen LogP contribution in [0.3, 0.4) is 0 Å². The zero-order valence-electron chi connectivity index (χ0n) is 6.51. The van der Waals surface area contributed by atoms with Gasteiger partial charge in [-0.2, -0.15) is 0 Å². The standard InChI is InChI=1S/C10H14/c1-4-6-7-9-10(3)8-5-2/h4-7,9H,2-3,8H2,1H3/b6-4?,9-7-. The fraction of sp³-hybridized carbons (Fsp3) is 0.200. The SMILES string of the molecule is C=CCC(=C)/C=C\C=CC. The second-order valence-electron chi connectivity index (χ2n) is 2.04. The fourth-order valence-corrected chi connectivity index (χ4v) is 0.556. The maximum Gasteiger partial charge on any atom is -0.0106 e. The van der Waals surface area contributed by atoms with Gasteiger partial charge < -0.3 is 0 Å². The van der Waals surface area contributed by atoms with Gasteiger partial charge in [-0.25, -0.2) is 0 Å². The van der Waals surface area contributed by atoms with Gasteiger partial charge in [-0.3, -0.25) is 0 Å². The predicted molar refractivity (Wildman–Crippen MR) is 47.9 cm³/mol. The Balaban J connectivity index is 3.66. The molecule has 0 rings (SSSR count). The Morgan fingerprint density at radius 1 is 1.40 bits per heavy atom. The average molecular weight is 134 g/mol. The quantitative estimate of drug-likeness (QED) is 0.409. The van der Waals surface area contributed by atoms with Crippen LogP contribution in [0.2, 0.25) is 0 Å². The van der Waals surface area contributed by atoms with Gasteiger partial charge in [-0.15, -0.1) is 6.58 Å². The van der Waals surface area contributed by atoms with Gasteiger partial charge in [0.25, 0.3) is 0 Å². The van der Waals surface area contributed by atoms with E-state index in [-0.39, 0.29) is 0 Å². The Hall–Kier alpha value is -1.04. The van der Waals surface area contributed by atoms with E-state index in [1.807, 2.05) is 37.3 Å². The number of allylic oxidation sites excluding steroid dienone is 6. The van der Waals surface area contributed by atoms with Crippen molar-refractivity contribution in [2.24, 2.45) is 0 Å². The molecular formula is C10H14. The second kappa shape index (κ2) is 6.09. The molecule has 0 aliphatic carbocycles. The maximum absolute atomic E-state index is 3.82. The maximum atomic E-state index is 3.82. The molecule has 0 nitrogen and oxygen atoms in total. The second-order valence-corrected chi connectivity index (χ2v) is 2.04. The van der Waals surface area contributed by atoms with Gasteiger partial charge in [-0.05, 0) is 13.3 Å². The van der Waals surface area contributed by atoms with E-state index in [4.69, 9.17) is 0 Å². The van der Waals surface area contributed by atoms with Crippen molar-refractivity contribution in [2.75, 3.05) is 0 Å². The monoisotopic (exact) mass is 134 g/mol. The lowest BCUT2D eigenvalue weighted by atomic mass is 10.2. The van der Waals surface area contributed by atoms with Crippen LogP contribution in [0, 0.1) is 0 Å². The minimum absolute atomic E-state index is 0.869. The highest BCUT2D eigenvalue weighted by molar-refractivity contribution is 5.20. The topological polar surface area (TPSA) is 0 Å². The van der Waals surface area contributed by atoms with Crippen LogP contribution in [-0.4, -0.2) is 0 Å². The molecule has 0 heterocycles. The van der Waals surface area contributed by atoms with Gasteiger partial charge in [0.2, 0.25) is 0 Å². The third-order valence-electron chi connectivity index (χ3n) is 1.04. The molecule has 0 saturated heterocycles. The summed E-state index contributed by atoms with van der Waals surface area (Å²) < 4.78 is 0. The molecule has 0 aromatic heterocycles. The molecule has 0 aliphatic heterocycles. The molecule has 0 fully saturated rings. The smallest absolute Gasteiger partial charge is 0.0106 e. The van der Waals surface area contributed by atoms with Gasteiger partial charge in [0.15, 0.2) is 0 Å². The summed E-state index contributed by atoms with van der Waals surface area (Å²) in [5, 5.41) is 0. The number of hydrogen-bond acceptors (Lipinski definition) is 0. The van der Waals surface area contributed by atoms with Crippen molar-refractivity contribution in [3.05, 3.63) is 49.1 Å². The summed E-state index contributed by atoms with van der Waals surface area (Å²) in [6, 6.07) is 0. The minimum atomic E-state index is 0.869. The molecule has 0 heteroatoms. The van der Waals surface area contributed by atoms with E-state index in [0.29, 0.717) is 0 Å². The lowest BCUT2D eigenvalue weighted by Gasteiger charge is -1.88. The van der Waals surface area contributed by atoms with Crippen LogP contribution in [0.15, 0.2) is 49.1 Å². The van der Waals surface area contributed by atoms with Crippen molar-refractivity contribution in [1.82, 2.24) is 0 Å². The normalized spacial score (nSPS) is 10.9. The molecule has 0 spiro atoms. The third kappa shape index (κ3) is 5.10. The Morgan fingerprint density at radius 3 is 2.60 bits per heavy atom. The lowest BCUT2D eigenvalue weighted by Crippen LogP contribution is -1.68. The molecule has 0 radical (unpaired) electrons. The molecule has 0 atom stereocenters. The highest BCUT2D eigenvalue weighted by atomic mass is 13.8. The zero-order chi connectivity index (χ0) is 7.82. The number of hydrogen-bond donors (Lipinski definition) is 0. The van der Waals surface area contributed by atoms with Gasteiger partial charge in [0.05, 0.1) is 0 Å². The first-order valence-corrected chi connectivity index (χ1v) is 3.39. The van der Waals surface area contributed by atoms with E-state index in [0.717, 1.165) is 12.0 Å². The van der Waals surface area contributed by atoms with Crippen LogP contribution in [-0.2, 0) is 0 Å². The molecule has 0 amide bonds. The Kier molecular flexibility index (Phi) is 5.45. The van der Waals surface area contributed by atoms with Crippen molar-refractivity contribution < 1.29 is 0 Å². The summed E-state index contributed by atoms with van der Waals surface area (Å²) in [7, 11) is 0. The van der Waals surface area contributed by atoms with Crippen LogP contribution in [0.25, 0.3) is 0 Å². The third-order valence-corrected chi connectivity index (χ3v) is 1.04. The summed E-state index contributed by atoms with van der Waals surface area (Å²) >= 11 is 0. The molecule has 0 unspecified atom stereocenters. The van der Waals surface area contributed by atoms with Gasteiger partial charge >= 0.3 is 0 Å². The highest BCUT2D eigenvalue weighted by Gasteiger charge is 1.79. The molecule has 0 N–H and O–H groups in total. The molecule has 0 aromatic rings. The van der Waals surface area contributed by atoms with Crippen molar-refractivity contribution in [1.29, 1.82) is 0 Å². The Morgan fingerprint density at radius 2 is 2.10 bits per heavy atom. The summed E-state index contributed by atoms with van der Waals surface area (Å²) in [5.41, 5.74) is 1.09. The number of rotatable bonds is 4. The molecule has 10 heavy (non-hydrogen) atoms. The van der Waals surface area contributed by atoms with Crippen LogP contribution in [0.1, 0.15) is 13.3 Å². The predicted octanol–water partition coefficient (Wildman–Crippen LogP) is 3.25. The van der Waals surface area contributed by atoms with Crippen LogP contribution < -0.4 is 0 Å². The van der Waals surface area contributed by atoms with Crippen molar-refractivity contribution in [2.45, 2.75) is 13.3 Å². The first-order chi connectivity index (χ1) is 4.81. The molecule has 0 saturated carbocycles. The van der Waals surface area contributed by atoms with E-state index in [1.54, 1.807) is 0 Å². The summed E-state index contributed by atoms with van der Waals surface area (Å²) in [4.78, 5) is 0. The van der Waals surface area contributed by atoms with E-state index >= 15 is 0 Å². The van der Waals surface area contributed by atoms with Crippen LogP contribution in [0.5, 0.6) is 0 Å². The van der Waals surface area contributed by atoms with E-state index in [9.17, 15) is 0 Å². The van der Waals surface area contributed by atoms with E-state index < -0.39 is 0 Å². The fourth-order valence-electron chi connectivity index (χ4n) is 0.556. The zero-order valence-corrected chi connectivity index (χ0v) is 6.51. The largest absolute Gasteiger partial charge is 0.103 e. The highest BCUT2D eigenvalue weighted by Crippen LogP contribution is 1.99. The van der Waals surface area contributed by atoms with Crippen LogP contribution >= 0.6 is 0 Å². The van der Waals surface area contributed by atoms with Crippen molar-refractivity contribution in [3.8, 4) is 0 Å². The Bertz CT molecular complexity index is 159. The molecule has 0 bridgehead atoms. The first kappa shape index (κ1) is 8.96. The van der Waals surface area contributed by atoms with E-state index in [2.05, 4.69) is 13.2 Å². The summed E-state index contributed by atoms with van der Waals surface area (Å²) in [6.07, 6.45) is 10.6. The van der Waals surface area contributed by atoms with E-state index in [1.165, 1.54) is 0 Å². The van der Waals surface area contributed by atoms with Gasteiger partial charge in [0, 0.05) is 0 Å². The lowest BCUT2D eigenvalue weighted by molar-refractivity contribution is 1.31. The van der Waals surface area contributed by atoms with Gasteiger partial charge in [0.1, 0.15) is 0 Å². The molecular weight excluding hydrogens is 120 g/mol. The summed E-state index contributed by atoms with van der Waals surface area (Å²) in [5.74, 6) is 0. The van der Waals surface area contributed by atoms with Crippen molar-refractivity contribution >= 4 is 0 Å². The first-order valence-electron chi connectivity index (χ1n) is 3.39.